The Balaban J connectivity index is 4.58. The van der Waals surface area contributed by atoms with E-state index >= 15 is 0 Å². The van der Waals surface area contributed by atoms with Crippen molar-refractivity contribution in [2.75, 3.05) is 6.61 Å². The fourth-order valence-corrected chi connectivity index (χ4v) is 0.901. The van der Waals surface area contributed by atoms with Crippen LogP contribution in [0.3, 0.4) is 0 Å². The van der Waals surface area contributed by atoms with Crippen LogP contribution in [0.1, 0.15) is 13.8 Å². The van der Waals surface area contributed by atoms with Crippen molar-refractivity contribution in [2.24, 2.45) is 0 Å². The number of carboxylic acid groups (broad SMARTS) is 1. The Bertz CT molecular complexity index is 179. The number of aliphatic hydroxyl groups excluding tert-OH is 1. The van der Waals surface area contributed by atoms with Crippen molar-refractivity contribution in [3.8, 4) is 0 Å². The van der Waals surface area contributed by atoms with E-state index < -0.39 is 18.1 Å². The number of carbonyl (C=O) groups is 1. The predicted octanol–water partition coefficient (Wildman–Crippen LogP) is -0.0139. The molecule has 0 aromatic rings. The van der Waals surface area contributed by atoms with Crippen LogP contribution in [0, 0.1) is 0 Å². The fourth-order valence-electron chi connectivity index (χ4n) is 0.901. The van der Waals surface area contributed by atoms with E-state index in [1.165, 1.54) is 6.08 Å². The number of nitrogens with one attached hydrogen (secondary N) is 1. The molecule has 0 rings (SSSR count). The molecule has 0 saturated heterocycles. The Labute approximate surface area is 71.9 Å². The minimum absolute atomic E-state index is 0.0220. The van der Waals surface area contributed by atoms with Gasteiger partial charge in [-0.15, -0.1) is 6.58 Å². The Morgan fingerprint density at radius 2 is 2.25 bits per heavy atom. The maximum Gasteiger partial charge on any atom is 0.330 e. The summed E-state index contributed by atoms with van der Waals surface area (Å²) in [5.74, 6) is -1.12. The third-order valence-electron chi connectivity index (χ3n) is 1.53. The molecule has 0 aliphatic carbocycles. The van der Waals surface area contributed by atoms with E-state index in [4.69, 9.17) is 10.2 Å². The molecule has 1 atom stereocenters. The van der Waals surface area contributed by atoms with Gasteiger partial charge >= 0.3 is 5.97 Å². The van der Waals surface area contributed by atoms with Crippen LogP contribution in [-0.2, 0) is 4.79 Å². The molecular formula is C8H15NO3. The van der Waals surface area contributed by atoms with Crippen LogP contribution in [0.4, 0.5) is 0 Å². The van der Waals surface area contributed by atoms with Gasteiger partial charge in [-0.1, -0.05) is 6.08 Å². The first-order valence-electron chi connectivity index (χ1n) is 3.74. The second-order valence-electron chi connectivity index (χ2n) is 2.94. The Morgan fingerprint density at radius 3 is 2.33 bits per heavy atom. The van der Waals surface area contributed by atoms with Gasteiger partial charge in [0, 0.05) is 6.04 Å². The van der Waals surface area contributed by atoms with Gasteiger partial charge in [-0.2, -0.15) is 0 Å². The van der Waals surface area contributed by atoms with E-state index in [1.807, 2.05) is 0 Å². The normalized spacial score (nSPS) is 15.7. The average Bonchev–Trinajstić information content (AvgIpc) is 1.99. The van der Waals surface area contributed by atoms with Crippen molar-refractivity contribution in [1.29, 1.82) is 0 Å². The van der Waals surface area contributed by atoms with Crippen LogP contribution in [0.15, 0.2) is 12.7 Å². The zero-order valence-corrected chi connectivity index (χ0v) is 7.37. The smallest absolute Gasteiger partial charge is 0.330 e. The molecule has 1 unspecified atom stereocenters. The molecule has 0 fully saturated rings. The van der Waals surface area contributed by atoms with Crippen LogP contribution in [0.25, 0.3) is 0 Å². The summed E-state index contributed by atoms with van der Waals surface area (Å²) in [6, 6.07) is -0.0220. The van der Waals surface area contributed by atoms with Crippen LogP contribution in [-0.4, -0.2) is 34.4 Å². The summed E-state index contributed by atoms with van der Waals surface area (Å²) in [5, 5.41) is 20.4. The third-order valence-corrected chi connectivity index (χ3v) is 1.53. The lowest BCUT2D eigenvalue weighted by molar-refractivity contribution is -0.144. The molecule has 0 saturated carbocycles. The van der Waals surface area contributed by atoms with Crippen molar-refractivity contribution >= 4 is 5.97 Å². The monoisotopic (exact) mass is 173 g/mol. The molecule has 0 aromatic carbocycles. The standard InChI is InChI=1S/C8H15NO3/c1-4-8(5-10,7(11)12)9-6(2)3/h4,6,9-10H,1,5H2,2-3H3,(H,11,12). The summed E-state index contributed by atoms with van der Waals surface area (Å²) in [6.07, 6.45) is 1.20. The Hall–Kier alpha value is -0.870. The molecule has 4 nitrogen and oxygen atoms in total. The minimum Gasteiger partial charge on any atom is -0.480 e. The maximum atomic E-state index is 10.7. The van der Waals surface area contributed by atoms with Crippen molar-refractivity contribution in [3.63, 3.8) is 0 Å². The molecular weight excluding hydrogens is 158 g/mol. The van der Waals surface area contributed by atoms with Crippen molar-refractivity contribution in [1.82, 2.24) is 5.32 Å². The second-order valence-corrected chi connectivity index (χ2v) is 2.94. The molecule has 70 valence electrons. The summed E-state index contributed by atoms with van der Waals surface area (Å²) in [7, 11) is 0. The van der Waals surface area contributed by atoms with Crippen molar-refractivity contribution in [3.05, 3.63) is 12.7 Å². The van der Waals surface area contributed by atoms with Gasteiger partial charge in [0.05, 0.1) is 6.61 Å². The number of aliphatic hydroxyl groups is 1. The molecule has 0 aliphatic heterocycles. The SMILES string of the molecule is C=CC(CO)(NC(C)C)C(=O)O. The lowest BCUT2D eigenvalue weighted by Crippen LogP contribution is -2.55. The van der Waals surface area contributed by atoms with Crippen molar-refractivity contribution in [2.45, 2.75) is 25.4 Å². The van der Waals surface area contributed by atoms with Crippen LogP contribution in [0.5, 0.6) is 0 Å². The fraction of sp³-hybridized carbons (Fsp3) is 0.625. The van der Waals surface area contributed by atoms with E-state index in [0.29, 0.717) is 0 Å². The lowest BCUT2D eigenvalue weighted by Gasteiger charge is -2.26. The number of rotatable bonds is 5. The van der Waals surface area contributed by atoms with E-state index in [-0.39, 0.29) is 6.04 Å². The first kappa shape index (κ1) is 11.1. The first-order valence-corrected chi connectivity index (χ1v) is 3.74. The molecule has 0 aromatic heterocycles. The van der Waals surface area contributed by atoms with E-state index in [2.05, 4.69) is 11.9 Å². The largest absolute Gasteiger partial charge is 0.480 e. The van der Waals surface area contributed by atoms with E-state index in [1.54, 1.807) is 13.8 Å². The molecule has 0 aliphatic rings. The van der Waals surface area contributed by atoms with E-state index in [9.17, 15) is 4.79 Å². The van der Waals surface area contributed by atoms with Gasteiger partial charge in [-0.05, 0) is 13.8 Å². The summed E-state index contributed by atoms with van der Waals surface area (Å²) >= 11 is 0. The molecule has 0 amide bonds. The highest BCUT2D eigenvalue weighted by atomic mass is 16.4. The Morgan fingerprint density at radius 1 is 1.75 bits per heavy atom. The molecule has 0 bridgehead atoms. The third kappa shape index (κ3) is 2.32. The molecule has 4 heteroatoms. The highest BCUT2D eigenvalue weighted by molar-refractivity contribution is 5.81. The van der Waals surface area contributed by atoms with Gasteiger partial charge < -0.3 is 10.2 Å². The molecule has 0 spiro atoms. The number of aliphatic carboxylic acids is 1. The highest BCUT2D eigenvalue weighted by Gasteiger charge is 2.34. The molecule has 0 heterocycles. The lowest BCUT2D eigenvalue weighted by atomic mass is 10.0. The highest BCUT2D eigenvalue weighted by Crippen LogP contribution is 2.06. The van der Waals surface area contributed by atoms with Crippen LogP contribution in [0.2, 0.25) is 0 Å². The minimum atomic E-state index is -1.41. The average molecular weight is 173 g/mol. The van der Waals surface area contributed by atoms with Gasteiger partial charge in [0.15, 0.2) is 5.54 Å². The summed E-state index contributed by atoms with van der Waals surface area (Å²) in [4.78, 5) is 10.7. The molecule has 12 heavy (non-hydrogen) atoms. The summed E-state index contributed by atoms with van der Waals surface area (Å²) < 4.78 is 0. The maximum absolute atomic E-state index is 10.7. The quantitative estimate of drug-likeness (QED) is 0.511. The zero-order valence-electron chi connectivity index (χ0n) is 7.37. The Kier molecular flexibility index (Phi) is 3.92. The summed E-state index contributed by atoms with van der Waals surface area (Å²) in [6.45, 7) is 6.48. The van der Waals surface area contributed by atoms with Gasteiger partial charge in [-0.25, -0.2) is 4.79 Å². The zero-order chi connectivity index (χ0) is 9.78. The van der Waals surface area contributed by atoms with Crippen molar-refractivity contribution < 1.29 is 15.0 Å². The molecule has 0 radical (unpaired) electrons. The second kappa shape index (κ2) is 4.23. The van der Waals surface area contributed by atoms with Gasteiger partial charge in [0.25, 0.3) is 0 Å². The topological polar surface area (TPSA) is 69.6 Å². The number of carboxylic acids is 1. The van der Waals surface area contributed by atoms with Crippen LogP contribution < -0.4 is 5.32 Å². The van der Waals surface area contributed by atoms with Gasteiger partial charge in [0.1, 0.15) is 0 Å². The number of hydrogen-bond donors (Lipinski definition) is 3. The number of hydrogen-bond acceptors (Lipinski definition) is 3. The first-order chi connectivity index (χ1) is 5.48. The summed E-state index contributed by atoms with van der Waals surface area (Å²) in [5.41, 5.74) is -1.41. The predicted molar refractivity (Wildman–Crippen MR) is 45.9 cm³/mol. The molecule has 3 N–H and O–H groups in total. The van der Waals surface area contributed by atoms with Crippen LogP contribution >= 0.6 is 0 Å². The van der Waals surface area contributed by atoms with Gasteiger partial charge in [0.2, 0.25) is 0 Å². The van der Waals surface area contributed by atoms with Gasteiger partial charge in [-0.3, -0.25) is 5.32 Å². The van der Waals surface area contributed by atoms with E-state index in [0.717, 1.165) is 0 Å².